The Labute approximate surface area is 90.3 Å². The van der Waals surface area contributed by atoms with Crippen LogP contribution in [-0.4, -0.2) is 12.6 Å². The molecule has 0 bridgehead atoms. The van der Waals surface area contributed by atoms with Gasteiger partial charge >= 0.3 is 5.97 Å². The van der Waals surface area contributed by atoms with Crippen molar-refractivity contribution in [1.82, 2.24) is 0 Å². The van der Waals surface area contributed by atoms with Crippen molar-refractivity contribution in [3.63, 3.8) is 0 Å². The predicted molar refractivity (Wildman–Crippen MR) is 58.5 cm³/mol. The number of rotatable bonds is 3. The molecule has 2 atom stereocenters. The molecule has 0 aromatic heterocycles. The van der Waals surface area contributed by atoms with Crippen LogP contribution in [0.15, 0.2) is 30.3 Å². The molecule has 1 fully saturated rings. The molecule has 1 aliphatic carbocycles. The van der Waals surface area contributed by atoms with Crippen LogP contribution in [0.4, 0.5) is 0 Å². The second-order valence-electron chi connectivity index (χ2n) is 4.31. The van der Waals surface area contributed by atoms with Crippen molar-refractivity contribution in [2.24, 2.45) is 5.41 Å². The summed E-state index contributed by atoms with van der Waals surface area (Å²) in [7, 11) is 0. The van der Waals surface area contributed by atoms with Crippen molar-refractivity contribution >= 4 is 5.97 Å². The lowest BCUT2D eigenvalue weighted by Crippen LogP contribution is -2.17. The van der Waals surface area contributed by atoms with E-state index in [2.05, 4.69) is 12.1 Å². The summed E-state index contributed by atoms with van der Waals surface area (Å²) in [5.41, 5.74) is 0.963. The third kappa shape index (κ3) is 1.76. The largest absolute Gasteiger partial charge is 0.466 e. The third-order valence-electron chi connectivity index (χ3n) is 3.18. The number of carbonyl (C=O) groups excluding carboxylic acids is 1. The van der Waals surface area contributed by atoms with E-state index >= 15 is 0 Å². The van der Waals surface area contributed by atoms with E-state index in [9.17, 15) is 4.79 Å². The van der Waals surface area contributed by atoms with Gasteiger partial charge in [-0.25, -0.2) is 0 Å². The van der Waals surface area contributed by atoms with Crippen LogP contribution in [0.3, 0.4) is 0 Å². The number of esters is 1. The van der Waals surface area contributed by atoms with Crippen LogP contribution in [0, 0.1) is 5.41 Å². The van der Waals surface area contributed by atoms with E-state index in [4.69, 9.17) is 4.74 Å². The lowest BCUT2D eigenvalue weighted by Gasteiger charge is -2.09. The maximum absolute atomic E-state index is 11.7. The molecule has 1 aromatic carbocycles. The van der Waals surface area contributed by atoms with Gasteiger partial charge in [0.25, 0.3) is 0 Å². The fourth-order valence-electron chi connectivity index (χ4n) is 2.06. The zero-order valence-electron chi connectivity index (χ0n) is 9.19. The predicted octanol–water partition coefficient (Wildman–Crippen LogP) is 2.74. The first-order chi connectivity index (χ1) is 7.18. The van der Waals surface area contributed by atoms with Crippen LogP contribution in [-0.2, 0) is 9.53 Å². The van der Waals surface area contributed by atoms with Gasteiger partial charge in [-0.2, -0.15) is 0 Å². The van der Waals surface area contributed by atoms with Gasteiger partial charge < -0.3 is 4.74 Å². The number of hydrogen-bond donors (Lipinski definition) is 0. The molecular formula is C13H16O2. The molecule has 15 heavy (non-hydrogen) atoms. The summed E-state index contributed by atoms with van der Waals surface area (Å²) in [4.78, 5) is 11.7. The minimum absolute atomic E-state index is 0.0566. The van der Waals surface area contributed by atoms with Crippen LogP contribution < -0.4 is 0 Å². The normalized spacial score (nSPS) is 28.5. The van der Waals surface area contributed by atoms with Crippen molar-refractivity contribution in [2.45, 2.75) is 26.2 Å². The monoisotopic (exact) mass is 204 g/mol. The molecule has 0 saturated heterocycles. The van der Waals surface area contributed by atoms with E-state index in [0.29, 0.717) is 12.5 Å². The lowest BCUT2D eigenvalue weighted by molar-refractivity contribution is -0.149. The highest BCUT2D eigenvalue weighted by Crippen LogP contribution is 2.59. The van der Waals surface area contributed by atoms with Crippen molar-refractivity contribution in [3.8, 4) is 0 Å². The van der Waals surface area contributed by atoms with Gasteiger partial charge in [0.05, 0.1) is 12.0 Å². The summed E-state index contributed by atoms with van der Waals surface area (Å²) < 4.78 is 5.08. The Morgan fingerprint density at radius 1 is 1.47 bits per heavy atom. The highest BCUT2D eigenvalue weighted by atomic mass is 16.5. The molecule has 0 N–H and O–H groups in total. The summed E-state index contributed by atoms with van der Waals surface area (Å²) in [6, 6.07) is 10.2. The molecule has 0 spiro atoms. The molecule has 80 valence electrons. The smallest absolute Gasteiger partial charge is 0.312 e. The SMILES string of the molecule is CCOC(=O)[C@@]1(C)C[C@H]1c1ccccc1. The Kier molecular flexibility index (Phi) is 2.51. The molecule has 0 amide bonds. The van der Waals surface area contributed by atoms with Crippen LogP contribution in [0.1, 0.15) is 31.7 Å². The van der Waals surface area contributed by atoms with E-state index in [1.165, 1.54) is 5.56 Å². The Hall–Kier alpha value is -1.31. The summed E-state index contributed by atoms with van der Waals surface area (Å²) >= 11 is 0. The first-order valence-corrected chi connectivity index (χ1v) is 5.40. The molecule has 2 heteroatoms. The molecule has 0 radical (unpaired) electrons. The standard InChI is InChI=1S/C13H16O2/c1-3-15-12(14)13(2)9-11(13)10-7-5-4-6-8-10/h4-8,11H,3,9H2,1-2H3/t11-,13-/m0/s1. The van der Waals surface area contributed by atoms with Gasteiger partial charge in [-0.1, -0.05) is 30.3 Å². The van der Waals surface area contributed by atoms with Crippen LogP contribution in [0.5, 0.6) is 0 Å². The average Bonchev–Trinajstić information content (AvgIpc) is 2.94. The maximum Gasteiger partial charge on any atom is 0.312 e. The van der Waals surface area contributed by atoms with Crippen molar-refractivity contribution in [3.05, 3.63) is 35.9 Å². The first-order valence-electron chi connectivity index (χ1n) is 5.40. The minimum atomic E-state index is -0.280. The van der Waals surface area contributed by atoms with Crippen molar-refractivity contribution in [2.75, 3.05) is 6.61 Å². The Bertz CT molecular complexity index is 358. The molecule has 1 aromatic rings. The van der Waals surface area contributed by atoms with Gasteiger partial charge in [0.1, 0.15) is 0 Å². The average molecular weight is 204 g/mol. The number of hydrogen-bond acceptors (Lipinski definition) is 2. The van der Waals surface area contributed by atoms with Crippen LogP contribution in [0.2, 0.25) is 0 Å². The summed E-state index contributed by atoms with van der Waals surface area (Å²) in [6.45, 7) is 4.31. The van der Waals surface area contributed by atoms with Gasteiger partial charge in [0, 0.05) is 5.92 Å². The Morgan fingerprint density at radius 3 is 2.73 bits per heavy atom. The van der Waals surface area contributed by atoms with Crippen molar-refractivity contribution in [1.29, 1.82) is 0 Å². The summed E-state index contributed by atoms with van der Waals surface area (Å²) in [5, 5.41) is 0. The fourth-order valence-corrected chi connectivity index (χ4v) is 2.06. The van der Waals surface area contributed by atoms with Gasteiger partial charge in [-0.3, -0.25) is 4.79 Å². The molecule has 2 rings (SSSR count). The molecule has 0 aliphatic heterocycles. The molecular weight excluding hydrogens is 188 g/mol. The van der Waals surface area contributed by atoms with Crippen LogP contribution >= 0.6 is 0 Å². The van der Waals surface area contributed by atoms with Gasteiger partial charge in [0.15, 0.2) is 0 Å². The highest BCUT2D eigenvalue weighted by Gasteiger charge is 2.57. The van der Waals surface area contributed by atoms with Gasteiger partial charge in [-0.05, 0) is 25.8 Å². The zero-order valence-corrected chi connectivity index (χ0v) is 9.19. The van der Waals surface area contributed by atoms with Gasteiger partial charge in [-0.15, -0.1) is 0 Å². The summed E-state index contributed by atoms with van der Waals surface area (Å²) in [5.74, 6) is 0.289. The maximum atomic E-state index is 11.7. The Balaban J connectivity index is 2.09. The molecule has 0 heterocycles. The Morgan fingerprint density at radius 2 is 2.13 bits per heavy atom. The topological polar surface area (TPSA) is 26.3 Å². The second-order valence-corrected chi connectivity index (χ2v) is 4.31. The summed E-state index contributed by atoms with van der Waals surface area (Å²) in [6.07, 6.45) is 0.913. The van der Waals surface area contributed by atoms with Gasteiger partial charge in [0.2, 0.25) is 0 Å². The molecule has 2 nitrogen and oxygen atoms in total. The number of benzene rings is 1. The quantitative estimate of drug-likeness (QED) is 0.708. The number of carbonyl (C=O) groups is 1. The minimum Gasteiger partial charge on any atom is -0.466 e. The second kappa shape index (κ2) is 3.69. The van der Waals surface area contributed by atoms with E-state index in [1.54, 1.807) is 0 Å². The number of ether oxygens (including phenoxy) is 1. The zero-order chi connectivity index (χ0) is 10.9. The fraction of sp³-hybridized carbons (Fsp3) is 0.462. The van der Waals surface area contributed by atoms with Crippen molar-refractivity contribution < 1.29 is 9.53 Å². The third-order valence-corrected chi connectivity index (χ3v) is 3.18. The van der Waals surface area contributed by atoms with E-state index in [0.717, 1.165) is 6.42 Å². The molecule has 1 saturated carbocycles. The van der Waals surface area contributed by atoms with E-state index in [1.807, 2.05) is 32.0 Å². The molecule has 1 aliphatic rings. The first kappa shape index (κ1) is 10.2. The van der Waals surface area contributed by atoms with E-state index in [-0.39, 0.29) is 11.4 Å². The van der Waals surface area contributed by atoms with Crippen LogP contribution in [0.25, 0.3) is 0 Å². The lowest BCUT2D eigenvalue weighted by atomic mass is 10.0. The molecule has 0 unspecified atom stereocenters. The highest BCUT2D eigenvalue weighted by molar-refractivity contribution is 5.81. The van der Waals surface area contributed by atoms with E-state index < -0.39 is 0 Å².